The first-order valence-corrected chi connectivity index (χ1v) is 16.1. The first-order chi connectivity index (χ1) is 22.0. The number of ether oxygens (including phenoxy) is 1. The maximum atomic E-state index is 14.6. The number of aromatic nitrogens is 2. The normalized spacial score (nSPS) is 17.9. The van der Waals surface area contributed by atoms with Crippen LogP contribution in [0.1, 0.15) is 53.4 Å². The highest BCUT2D eigenvalue weighted by atomic mass is 16.5. The molecule has 2 aliphatic rings. The second-order valence-corrected chi connectivity index (χ2v) is 13.1. The molecule has 0 saturated carbocycles. The Labute approximate surface area is 270 Å². The lowest BCUT2D eigenvalue weighted by molar-refractivity contribution is -0.134. The van der Waals surface area contributed by atoms with Crippen molar-refractivity contribution in [2.45, 2.75) is 71.5 Å². The van der Waals surface area contributed by atoms with Crippen molar-refractivity contribution in [1.82, 2.24) is 25.9 Å². The molecular formula is C34H46N8O4. The number of likely N-dealkylation sites (N-methyl/N-ethyl adjacent to an activating group) is 1. The summed E-state index contributed by atoms with van der Waals surface area (Å²) in [5.41, 5.74) is 2.14. The van der Waals surface area contributed by atoms with Crippen LogP contribution in [0.3, 0.4) is 0 Å². The average molecular weight is 631 g/mol. The van der Waals surface area contributed by atoms with Crippen LogP contribution in [0.5, 0.6) is 5.75 Å². The Bertz CT molecular complexity index is 1560. The summed E-state index contributed by atoms with van der Waals surface area (Å²) in [6, 6.07) is 9.53. The van der Waals surface area contributed by atoms with Crippen molar-refractivity contribution >= 4 is 51.5 Å². The second kappa shape index (κ2) is 14.0. The van der Waals surface area contributed by atoms with E-state index in [4.69, 9.17) is 4.74 Å². The Hall–Kier alpha value is -4.29. The van der Waals surface area contributed by atoms with Gasteiger partial charge in [0.05, 0.1) is 30.4 Å². The number of fused-ring (bicyclic) bond motifs is 1. The lowest BCUT2D eigenvalue weighted by atomic mass is 9.85. The fourth-order valence-corrected chi connectivity index (χ4v) is 5.95. The number of nitrogens with zero attached hydrogens (tertiary/aromatic N) is 4. The molecule has 12 nitrogen and oxygen atoms in total. The maximum absolute atomic E-state index is 14.6. The van der Waals surface area contributed by atoms with Gasteiger partial charge >= 0.3 is 0 Å². The molecule has 0 bridgehead atoms. The summed E-state index contributed by atoms with van der Waals surface area (Å²) in [4.78, 5) is 54.4. The Morgan fingerprint density at radius 2 is 1.78 bits per heavy atom. The van der Waals surface area contributed by atoms with Crippen molar-refractivity contribution < 1.29 is 19.1 Å². The summed E-state index contributed by atoms with van der Waals surface area (Å²) < 4.78 is 5.77. The third-order valence-corrected chi connectivity index (χ3v) is 8.80. The number of hydrogen-bond acceptors (Lipinski definition) is 10. The summed E-state index contributed by atoms with van der Waals surface area (Å²) in [7, 11) is 3.17. The number of hydrogen-bond donors (Lipinski definition) is 4. The minimum Gasteiger partial charge on any atom is -0.494 e. The van der Waals surface area contributed by atoms with Crippen molar-refractivity contribution in [2.24, 2.45) is 5.41 Å². The summed E-state index contributed by atoms with van der Waals surface area (Å²) >= 11 is 0. The van der Waals surface area contributed by atoms with Gasteiger partial charge in [-0.25, -0.2) is 14.9 Å². The zero-order valence-electron chi connectivity index (χ0n) is 27.6. The van der Waals surface area contributed by atoms with Gasteiger partial charge in [0.2, 0.25) is 5.91 Å². The number of methoxy groups -OCH3 is 1. The van der Waals surface area contributed by atoms with Crippen LogP contribution in [0.15, 0.2) is 42.7 Å². The van der Waals surface area contributed by atoms with Gasteiger partial charge in [0, 0.05) is 35.9 Å². The first kappa shape index (κ1) is 33.1. The largest absolute Gasteiger partial charge is 0.494 e. The fraction of sp³-hybridized carbons (Fsp3) is 0.500. The third-order valence-electron chi connectivity index (χ3n) is 8.80. The monoisotopic (exact) mass is 630 g/mol. The van der Waals surface area contributed by atoms with E-state index in [1.165, 1.54) is 36.9 Å². The maximum Gasteiger partial charge on any atom is 0.257 e. The highest BCUT2D eigenvalue weighted by Gasteiger charge is 2.42. The molecule has 2 fully saturated rings. The second-order valence-electron chi connectivity index (χ2n) is 13.1. The van der Waals surface area contributed by atoms with E-state index in [0.717, 1.165) is 25.2 Å². The van der Waals surface area contributed by atoms with Crippen LogP contribution in [-0.4, -0.2) is 79.6 Å². The standard InChI is InChI=1S/C34H46N8O4/c1-21(35-5)31(43)40-29(34(2,3)4)33(45)42(32(44)25-10-9-15-36-25)27-18-24-26(19-28(27)46-6)37-20-38-30(24)39-22-11-13-23(14-12-22)41-16-7-8-17-41/h11-14,18-21,25,29,35-36H,7-10,15-17H2,1-6H3,(H,40,43)(H,37,38,39)/t21-,25-,29+/m0/s1. The lowest BCUT2D eigenvalue weighted by Crippen LogP contribution is -2.60. The molecule has 0 aliphatic carbocycles. The van der Waals surface area contributed by atoms with Crippen LogP contribution < -0.4 is 35.8 Å². The lowest BCUT2D eigenvalue weighted by Gasteiger charge is -2.36. The van der Waals surface area contributed by atoms with Gasteiger partial charge in [-0.05, 0) is 81.9 Å². The van der Waals surface area contributed by atoms with Gasteiger partial charge in [-0.1, -0.05) is 20.8 Å². The van der Waals surface area contributed by atoms with Crippen molar-refractivity contribution in [2.75, 3.05) is 48.9 Å². The molecule has 1 aromatic heterocycles. The Morgan fingerprint density at radius 1 is 1.07 bits per heavy atom. The molecule has 2 aliphatic heterocycles. The van der Waals surface area contributed by atoms with E-state index in [-0.39, 0.29) is 11.6 Å². The van der Waals surface area contributed by atoms with Crippen LogP contribution in [0, 0.1) is 5.41 Å². The predicted octanol–water partition coefficient (Wildman–Crippen LogP) is 3.73. The number of benzene rings is 2. The van der Waals surface area contributed by atoms with Gasteiger partial charge in [-0.15, -0.1) is 0 Å². The number of carbonyl (C=O) groups excluding carboxylic acids is 3. The highest BCUT2D eigenvalue weighted by molar-refractivity contribution is 6.20. The molecule has 0 radical (unpaired) electrons. The van der Waals surface area contributed by atoms with Gasteiger partial charge in [-0.3, -0.25) is 14.4 Å². The topological polar surface area (TPSA) is 141 Å². The molecular weight excluding hydrogens is 584 g/mol. The van der Waals surface area contributed by atoms with E-state index in [0.29, 0.717) is 35.4 Å². The van der Waals surface area contributed by atoms with E-state index < -0.39 is 35.4 Å². The molecule has 12 heteroatoms. The molecule has 3 aromatic rings. The van der Waals surface area contributed by atoms with Crippen molar-refractivity contribution in [1.29, 1.82) is 0 Å². The molecule has 4 N–H and O–H groups in total. The van der Waals surface area contributed by atoms with Gasteiger partial charge < -0.3 is 30.9 Å². The molecule has 2 saturated heterocycles. The van der Waals surface area contributed by atoms with Crippen LogP contribution in [0.4, 0.5) is 22.9 Å². The fourth-order valence-electron chi connectivity index (χ4n) is 5.95. The summed E-state index contributed by atoms with van der Waals surface area (Å²) in [5.74, 6) is -0.485. The molecule has 3 heterocycles. The minimum atomic E-state index is -1.01. The quantitative estimate of drug-likeness (QED) is 0.262. The van der Waals surface area contributed by atoms with Crippen LogP contribution in [0.2, 0.25) is 0 Å². The summed E-state index contributed by atoms with van der Waals surface area (Å²) in [5, 5.41) is 13.0. The Morgan fingerprint density at radius 3 is 2.39 bits per heavy atom. The number of anilines is 4. The van der Waals surface area contributed by atoms with Gasteiger partial charge in [0.1, 0.15) is 23.9 Å². The molecule has 3 amide bonds. The smallest absolute Gasteiger partial charge is 0.257 e. The first-order valence-electron chi connectivity index (χ1n) is 16.1. The Balaban J connectivity index is 1.57. The molecule has 0 spiro atoms. The number of rotatable bonds is 10. The van der Waals surface area contributed by atoms with Crippen LogP contribution in [-0.2, 0) is 14.4 Å². The Kier molecular flexibility index (Phi) is 10.1. The third kappa shape index (κ3) is 7.07. The van der Waals surface area contributed by atoms with Gasteiger partial charge in [-0.2, -0.15) is 0 Å². The summed E-state index contributed by atoms with van der Waals surface area (Å²) in [6.45, 7) is 10.1. The number of carbonyl (C=O) groups is 3. The van der Waals surface area contributed by atoms with E-state index in [2.05, 4.69) is 48.3 Å². The number of amides is 3. The van der Waals surface area contributed by atoms with E-state index in [9.17, 15) is 14.4 Å². The molecule has 0 unspecified atom stereocenters. The number of nitrogens with one attached hydrogen (secondary N) is 4. The molecule has 5 rings (SSSR count). The van der Waals surface area contributed by atoms with E-state index in [1.54, 1.807) is 26.1 Å². The van der Waals surface area contributed by atoms with Crippen molar-refractivity contribution in [3.8, 4) is 5.75 Å². The SMILES string of the molecule is CN[C@@H](C)C(=O)N[C@H](C(=O)N(C(=O)[C@@H]1CCCN1)c1cc2c(Nc3ccc(N4CCCC4)cc3)ncnc2cc1OC)C(C)(C)C. The van der Waals surface area contributed by atoms with Gasteiger partial charge in [0.15, 0.2) is 0 Å². The molecule has 3 atom stereocenters. The highest BCUT2D eigenvalue weighted by Crippen LogP contribution is 2.38. The zero-order chi connectivity index (χ0) is 33.0. The van der Waals surface area contributed by atoms with Crippen LogP contribution >= 0.6 is 0 Å². The van der Waals surface area contributed by atoms with Crippen LogP contribution in [0.25, 0.3) is 10.9 Å². The van der Waals surface area contributed by atoms with Crippen molar-refractivity contribution in [3.05, 3.63) is 42.7 Å². The molecule has 246 valence electrons. The summed E-state index contributed by atoms with van der Waals surface area (Å²) in [6.07, 6.45) is 5.27. The van der Waals surface area contributed by atoms with E-state index in [1.807, 2.05) is 32.9 Å². The average Bonchev–Trinajstić information content (AvgIpc) is 3.78. The number of imide groups is 1. The zero-order valence-corrected chi connectivity index (χ0v) is 27.6. The van der Waals surface area contributed by atoms with E-state index >= 15 is 0 Å². The van der Waals surface area contributed by atoms with Gasteiger partial charge in [0.25, 0.3) is 11.8 Å². The van der Waals surface area contributed by atoms with Crippen molar-refractivity contribution in [3.63, 3.8) is 0 Å². The predicted molar refractivity (Wildman–Crippen MR) is 181 cm³/mol. The minimum absolute atomic E-state index is 0.256. The molecule has 46 heavy (non-hydrogen) atoms. The molecule has 2 aromatic carbocycles.